The van der Waals surface area contributed by atoms with Crippen molar-refractivity contribution in [1.82, 2.24) is 4.72 Å². The van der Waals surface area contributed by atoms with Crippen LogP contribution in [0.1, 0.15) is 0 Å². The van der Waals surface area contributed by atoms with Gasteiger partial charge in [-0.25, -0.2) is 12.8 Å². The molecule has 0 bridgehead atoms. The Labute approximate surface area is 151 Å². The Morgan fingerprint density at radius 3 is 2.35 bits per heavy atom. The molecule has 2 aromatic carbocycles. The van der Waals surface area contributed by atoms with Gasteiger partial charge in [-0.2, -0.15) is 4.72 Å². The maximum absolute atomic E-state index is 13.6. The molecule has 26 heavy (non-hydrogen) atoms. The molecule has 0 aliphatic heterocycles. The van der Waals surface area contributed by atoms with Gasteiger partial charge in [0, 0.05) is 0 Å². The summed E-state index contributed by atoms with van der Waals surface area (Å²) in [5, 5.41) is 0. The Bertz CT molecular complexity index is 919. The first-order valence-corrected chi connectivity index (χ1v) is 9.01. The highest BCUT2D eigenvalue weighted by molar-refractivity contribution is 7.89. The quantitative estimate of drug-likeness (QED) is 0.747. The number of para-hydroxylation sites is 2. The minimum atomic E-state index is -3.87. The lowest BCUT2D eigenvalue weighted by Gasteiger charge is -2.07. The number of rotatable bonds is 7. The predicted molar refractivity (Wildman–Crippen MR) is 94.4 cm³/mol. The largest absolute Gasteiger partial charge is 0.494 e. The number of hydrogen-bond acceptors (Lipinski definition) is 5. The standard InChI is InChI=1S/C18H18FNO5S/c1-23-16-10-9-14(13-15(16)19)26(21,22)20-11-5-6-12-25-18-8-4-3-7-17(18)24-2/h3-4,7-10,13,20H,11-12H2,1-2H3. The van der Waals surface area contributed by atoms with Crippen LogP contribution in [0.15, 0.2) is 47.4 Å². The van der Waals surface area contributed by atoms with Crippen molar-refractivity contribution in [3.05, 3.63) is 48.3 Å². The van der Waals surface area contributed by atoms with Gasteiger partial charge in [0.1, 0.15) is 6.61 Å². The molecule has 0 saturated heterocycles. The minimum Gasteiger partial charge on any atom is -0.494 e. The van der Waals surface area contributed by atoms with Crippen LogP contribution < -0.4 is 18.9 Å². The average molecular weight is 379 g/mol. The van der Waals surface area contributed by atoms with Crippen LogP contribution in [0.4, 0.5) is 4.39 Å². The van der Waals surface area contributed by atoms with Gasteiger partial charge in [0.25, 0.3) is 0 Å². The summed E-state index contributed by atoms with van der Waals surface area (Å²) in [6.45, 7) is -0.0649. The molecule has 0 spiro atoms. The zero-order valence-electron chi connectivity index (χ0n) is 14.3. The van der Waals surface area contributed by atoms with E-state index >= 15 is 0 Å². The first-order valence-electron chi connectivity index (χ1n) is 7.52. The number of halogens is 1. The fourth-order valence-corrected chi connectivity index (χ4v) is 2.93. The van der Waals surface area contributed by atoms with E-state index in [1.807, 2.05) is 6.07 Å². The van der Waals surface area contributed by atoms with E-state index in [9.17, 15) is 12.8 Å². The molecule has 0 unspecified atom stereocenters. The Hall–Kier alpha value is -2.76. The number of methoxy groups -OCH3 is 2. The van der Waals surface area contributed by atoms with Gasteiger partial charge in [-0.05, 0) is 30.3 Å². The zero-order chi connectivity index (χ0) is 19.0. The number of nitrogens with one attached hydrogen (secondary N) is 1. The van der Waals surface area contributed by atoms with Crippen LogP contribution >= 0.6 is 0 Å². The summed E-state index contributed by atoms with van der Waals surface area (Å²) in [4.78, 5) is -0.206. The van der Waals surface area contributed by atoms with Crippen LogP contribution in [0.2, 0.25) is 0 Å². The first kappa shape index (κ1) is 19.6. The van der Waals surface area contributed by atoms with Gasteiger partial charge in [0.15, 0.2) is 23.1 Å². The lowest BCUT2D eigenvalue weighted by Crippen LogP contribution is -2.24. The molecule has 0 atom stereocenters. The van der Waals surface area contributed by atoms with Crippen molar-refractivity contribution in [2.24, 2.45) is 0 Å². The van der Waals surface area contributed by atoms with Crippen molar-refractivity contribution in [1.29, 1.82) is 0 Å². The van der Waals surface area contributed by atoms with Crippen LogP contribution in [0.3, 0.4) is 0 Å². The molecular formula is C18H18FNO5S. The normalized spacial score (nSPS) is 10.6. The fraction of sp³-hybridized carbons (Fsp3) is 0.222. The summed E-state index contributed by atoms with van der Waals surface area (Å²) in [5.41, 5.74) is 0. The lowest BCUT2D eigenvalue weighted by atomic mass is 10.3. The molecular weight excluding hydrogens is 361 g/mol. The lowest BCUT2D eigenvalue weighted by molar-refractivity contribution is 0.331. The fourth-order valence-electron chi connectivity index (χ4n) is 1.99. The molecule has 2 rings (SSSR count). The van der Waals surface area contributed by atoms with Gasteiger partial charge in [-0.1, -0.05) is 24.0 Å². The topological polar surface area (TPSA) is 73.9 Å². The molecule has 0 fully saturated rings. The maximum Gasteiger partial charge on any atom is 0.241 e. The molecule has 1 N–H and O–H groups in total. The van der Waals surface area contributed by atoms with Crippen molar-refractivity contribution >= 4 is 10.0 Å². The minimum absolute atomic E-state index is 0.0303. The first-order chi connectivity index (χ1) is 12.5. The Balaban J connectivity index is 1.89. The van der Waals surface area contributed by atoms with E-state index in [0.29, 0.717) is 11.5 Å². The van der Waals surface area contributed by atoms with E-state index in [1.54, 1.807) is 18.2 Å². The number of sulfonamides is 1. The van der Waals surface area contributed by atoms with Gasteiger partial charge in [-0.3, -0.25) is 0 Å². The molecule has 0 radical (unpaired) electrons. The molecule has 0 amide bonds. The van der Waals surface area contributed by atoms with Crippen LogP contribution in [0.25, 0.3) is 0 Å². The average Bonchev–Trinajstić information content (AvgIpc) is 2.64. The summed E-state index contributed by atoms with van der Waals surface area (Å²) in [6.07, 6.45) is 0. The summed E-state index contributed by atoms with van der Waals surface area (Å²) in [5.74, 6) is 5.65. The highest BCUT2D eigenvalue weighted by atomic mass is 32.2. The van der Waals surface area contributed by atoms with Gasteiger partial charge in [-0.15, -0.1) is 0 Å². The molecule has 2 aromatic rings. The van der Waals surface area contributed by atoms with Crippen LogP contribution in [-0.4, -0.2) is 35.8 Å². The highest BCUT2D eigenvalue weighted by Crippen LogP contribution is 2.25. The molecule has 0 aromatic heterocycles. The second-order valence-corrected chi connectivity index (χ2v) is 6.68. The van der Waals surface area contributed by atoms with E-state index in [2.05, 4.69) is 16.6 Å². The molecule has 0 saturated carbocycles. The molecule has 0 aliphatic rings. The number of benzene rings is 2. The third-order valence-corrected chi connectivity index (χ3v) is 4.68. The maximum atomic E-state index is 13.6. The Kier molecular flexibility index (Phi) is 6.83. The number of ether oxygens (including phenoxy) is 3. The van der Waals surface area contributed by atoms with Crippen LogP contribution in [-0.2, 0) is 10.0 Å². The van der Waals surface area contributed by atoms with Crippen molar-refractivity contribution < 1.29 is 27.0 Å². The Morgan fingerprint density at radius 2 is 1.69 bits per heavy atom. The van der Waals surface area contributed by atoms with Crippen molar-refractivity contribution in [2.75, 3.05) is 27.4 Å². The summed E-state index contributed by atoms with van der Waals surface area (Å²) < 4.78 is 55.4. The smallest absolute Gasteiger partial charge is 0.241 e. The second-order valence-electron chi connectivity index (χ2n) is 4.91. The van der Waals surface area contributed by atoms with E-state index in [0.717, 1.165) is 6.07 Å². The van der Waals surface area contributed by atoms with Gasteiger partial charge < -0.3 is 14.2 Å². The van der Waals surface area contributed by atoms with Crippen LogP contribution in [0, 0.1) is 17.7 Å². The van der Waals surface area contributed by atoms with Gasteiger partial charge in [0.2, 0.25) is 10.0 Å². The molecule has 138 valence electrons. The molecule has 0 heterocycles. The third-order valence-electron chi connectivity index (χ3n) is 3.28. The third kappa shape index (κ3) is 5.12. The van der Waals surface area contributed by atoms with Crippen molar-refractivity contribution in [3.63, 3.8) is 0 Å². The van der Waals surface area contributed by atoms with E-state index in [-0.39, 0.29) is 23.8 Å². The van der Waals surface area contributed by atoms with E-state index in [4.69, 9.17) is 14.2 Å². The SMILES string of the molecule is COc1ccc(S(=O)(=O)NCC#CCOc2ccccc2OC)cc1F. The van der Waals surface area contributed by atoms with Gasteiger partial charge >= 0.3 is 0 Å². The summed E-state index contributed by atoms with van der Waals surface area (Å²) in [6, 6.07) is 10.5. The van der Waals surface area contributed by atoms with Crippen LogP contribution in [0.5, 0.6) is 17.2 Å². The van der Waals surface area contributed by atoms with E-state index < -0.39 is 15.8 Å². The molecule has 6 nitrogen and oxygen atoms in total. The predicted octanol–water partition coefficient (Wildman–Crippen LogP) is 2.20. The zero-order valence-corrected chi connectivity index (χ0v) is 15.1. The number of hydrogen-bond donors (Lipinski definition) is 1. The van der Waals surface area contributed by atoms with Crippen molar-refractivity contribution in [3.8, 4) is 29.1 Å². The summed E-state index contributed by atoms with van der Waals surface area (Å²) >= 11 is 0. The van der Waals surface area contributed by atoms with E-state index in [1.165, 1.54) is 26.4 Å². The Morgan fingerprint density at radius 1 is 1.00 bits per heavy atom. The highest BCUT2D eigenvalue weighted by Gasteiger charge is 2.15. The van der Waals surface area contributed by atoms with Crippen molar-refractivity contribution in [2.45, 2.75) is 4.90 Å². The molecule has 0 aliphatic carbocycles. The van der Waals surface area contributed by atoms with Gasteiger partial charge in [0.05, 0.1) is 25.7 Å². The monoisotopic (exact) mass is 379 g/mol. The molecule has 8 heteroatoms. The second kappa shape index (κ2) is 9.08. The summed E-state index contributed by atoms with van der Waals surface area (Å²) in [7, 11) is -1.04.